The first-order valence-corrected chi connectivity index (χ1v) is 18.8. The highest BCUT2D eigenvalue weighted by Crippen LogP contribution is 2.52. The van der Waals surface area contributed by atoms with Crippen molar-refractivity contribution in [3.8, 4) is 44.5 Å². The van der Waals surface area contributed by atoms with Crippen molar-refractivity contribution in [1.82, 2.24) is 0 Å². The summed E-state index contributed by atoms with van der Waals surface area (Å²) in [5, 5.41) is 4.98. The third-order valence-electron chi connectivity index (χ3n) is 11.4. The van der Waals surface area contributed by atoms with Gasteiger partial charge in [0.1, 0.15) is 0 Å². The van der Waals surface area contributed by atoms with Gasteiger partial charge in [-0.25, -0.2) is 0 Å². The molecule has 0 atom stereocenters. The zero-order chi connectivity index (χ0) is 36.2. The standard InChI is InChI=1S/C53H39N/c1-53(2)50-19-8-7-17-49(50)52-48(18-10-20-51(52)53)40-28-30-45(31-29-40)54(47-32-27-37-12-4-6-14-42(37)35-47)46-16-9-15-43(34-46)38-21-23-39(24-22-38)44-26-25-36-11-3-5-13-41(36)33-44/h3-35H,1-2H3. The Bertz CT molecular complexity index is 2840. The molecular formula is C53H39N. The molecule has 9 aromatic rings. The summed E-state index contributed by atoms with van der Waals surface area (Å²) in [5.74, 6) is 0. The molecule has 0 N–H and O–H groups in total. The van der Waals surface area contributed by atoms with Crippen molar-refractivity contribution in [3.63, 3.8) is 0 Å². The predicted molar refractivity (Wildman–Crippen MR) is 230 cm³/mol. The summed E-state index contributed by atoms with van der Waals surface area (Å²) in [6.45, 7) is 4.69. The zero-order valence-electron chi connectivity index (χ0n) is 30.5. The Morgan fingerprint density at radius 2 is 0.815 bits per heavy atom. The van der Waals surface area contributed by atoms with E-state index in [0.717, 1.165) is 17.1 Å². The largest absolute Gasteiger partial charge is 0.310 e. The average molecular weight is 690 g/mol. The minimum atomic E-state index is -0.0312. The van der Waals surface area contributed by atoms with Crippen LogP contribution in [0.1, 0.15) is 25.0 Å². The molecule has 54 heavy (non-hydrogen) atoms. The van der Waals surface area contributed by atoms with E-state index >= 15 is 0 Å². The summed E-state index contributed by atoms with van der Waals surface area (Å²) in [6.07, 6.45) is 0. The summed E-state index contributed by atoms with van der Waals surface area (Å²) in [6, 6.07) is 73.4. The maximum absolute atomic E-state index is 2.39. The number of hydrogen-bond acceptors (Lipinski definition) is 1. The van der Waals surface area contributed by atoms with Gasteiger partial charge in [0.25, 0.3) is 0 Å². The van der Waals surface area contributed by atoms with Crippen LogP contribution in [0.25, 0.3) is 66.1 Å². The fourth-order valence-corrected chi connectivity index (χ4v) is 8.60. The first-order valence-electron chi connectivity index (χ1n) is 18.8. The lowest BCUT2D eigenvalue weighted by Gasteiger charge is -2.27. The predicted octanol–water partition coefficient (Wildman–Crippen LogP) is 14.8. The van der Waals surface area contributed by atoms with Gasteiger partial charge in [-0.1, -0.05) is 172 Å². The third kappa shape index (κ3) is 5.40. The molecule has 9 aromatic carbocycles. The molecule has 1 nitrogen and oxygen atoms in total. The van der Waals surface area contributed by atoms with Crippen LogP contribution in [0.2, 0.25) is 0 Å². The van der Waals surface area contributed by atoms with Gasteiger partial charge in [-0.15, -0.1) is 0 Å². The Hall–Kier alpha value is -6.70. The lowest BCUT2D eigenvalue weighted by atomic mass is 9.82. The van der Waals surface area contributed by atoms with Gasteiger partial charge in [0.2, 0.25) is 0 Å². The molecule has 0 spiro atoms. The van der Waals surface area contributed by atoms with Crippen LogP contribution in [0, 0.1) is 0 Å². The van der Waals surface area contributed by atoms with Crippen LogP contribution in [0.5, 0.6) is 0 Å². The minimum Gasteiger partial charge on any atom is -0.310 e. The van der Waals surface area contributed by atoms with E-state index in [1.807, 2.05) is 0 Å². The van der Waals surface area contributed by atoms with Crippen molar-refractivity contribution in [2.45, 2.75) is 19.3 Å². The molecule has 256 valence electrons. The summed E-state index contributed by atoms with van der Waals surface area (Å²) >= 11 is 0. The molecule has 0 bridgehead atoms. The molecule has 0 radical (unpaired) electrons. The van der Waals surface area contributed by atoms with Crippen molar-refractivity contribution >= 4 is 38.6 Å². The van der Waals surface area contributed by atoms with Crippen LogP contribution in [0.15, 0.2) is 200 Å². The van der Waals surface area contributed by atoms with Crippen LogP contribution in [-0.4, -0.2) is 0 Å². The van der Waals surface area contributed by atoms with E-state index in [-0.39, 0.29) is 5.41 Å². The second-order valence-electron chi connectivity index (χ2n) is 15.0. The monoisotopic (exact) mass is 689 g/mol. The Labute approximate surface area is 317 Å². The van der Waals surface area contributed by atoms with E-state index in [1.54, 1.807) is 0 Å². The molecule has 1 heteroatoms. The lowest BCUT2D eigenvalue weighted by molar-refractivity contribution is 0.660. The molecule has 0 saturated heterocycles. The van der Waals surface area contributed by atoms with Crippen molar-refractivity contribution in [2.24, 2.45) is 0 Å². The molecule has 1 aliphatic carbocycles. The van der Waals surface area contributed by atoms with Gasteiger partial charge in [0.15, 0.2) is 0 Å². The summed E-state index contributed by atoms with van der Waals surface area (Å²) in [7, 11) is 0. The number of rotatable bonds is 6. The third-order valence-corrected chi connectivity index (χ3v) is 11.4. The van der Waals surface area contributed by atoms with E-state index in [0.29, 0.717) is 0 Å². The highest BCUT2D eigenvalue weighted by molar-refractivity contribution is 5.94. The number of benzene rings is 9. The lowest BCUT2D eigenvalue weighted by Crippen LogP contribution is -2.14. The van der Waals surface area contributed by atoms with Gasteiger partial charge in [-0.3, -0.25) is 0 Å². The van der Waals surface area contributed by atoms with Gasteiger partial charge >= 0.3 is 0 Å². The van der Waals surface area contributed by atoms with Crippen LogP contribution in [-0.2, 0) is 5.41 Å². The normalized spacial score (nSPS) is 12.8. The summed E-state index contributed by atoms with van der Waals surface area (Å²) in [4.78, 5) is 2.39. The Morgan fingerprint density at radius 3 is 1.56 bits per heavy atom. The smallest absolute Gasteiger partial charge is 0.0468 e. The van der Waals surface area contributed by atoms with Crippen molar-refractivity contribution < 1.29 is 0 Å². The summed E-state index contributed by atoms with van der Waals surface area (Å²) < 4.78 is 0. The first-order chi connectivity index (χ1) is 26.5. The Kier molecular flexibility index (Phi) is 7.56. The first kappa shape index (κ1) is 32.0. The van der Waals surface area contributed by atoms with E-state index in [2.05, 4.69) is 219 Å². The van der Waals surface area contributed by atoms with Crippen LogP contribution < -0.4 is 4.90 Å². The van der Waals surface area contributed by atoms with Crippen molar-refractivity contribution in [1.29, 1.82) is 0 Å². The molecule has 0 unspecified atom stereocenters. The van der Waals surface area contributed by atoms with Crippen LogP contribution >= 0.6 is 0 Å². The van der Waals surface area contributed by atoms with Gasteiger partial charge in [0.05, 0.1) is 0 Å². The van der Waals surface area contributed by atoms with Gasteiger partial charge < -0.3 is 4.90 Å². The van der Waals surface area contributed by atoms with Crippen molar-refractivity contribution in [3.05, 3.63) is 211 Å². The van der Waals surface area contributed by atoms with Gasteiger partial charge in [-0.2, -0.15) is 0 Å². The molecule has 0 amide bonds. The molecule has 10 rings (SSSR count). The number of fused-ring (bicyclic) bond motifs is 5. The van der Waals surface area contributed by atoms with Crippen molar-refractivity contribution in [2.75, 3.05) is 4.90 Å². The van der Waals surface area contributed by atoms with E-state index < -0.39 is 0 Å². The number of nitrogens with zero attached hydrogens (tertiary/aromatic N) is 1. The zero-order valence-corrected chi connectivity index (χ0v) is 30.5. The minimum absolute atomic E-state index is 0.0312. The second-order valence-corrected chi connectivity index (χ2v) is 15.0. The Morgan fingerprint density at radius 1 is 0.315 bits per heavy atom. The molecule has 0 fully saturated rings. The average Bonchev–Trinajstić information content (AvgIpc) is 3.47. The van der Waals surface area contributed by atoms with Gasteiger partial charge in [-0.05, 0) is 120 Å². The molecule has 0 saturated carbocycles. The number of anilines is 3. The highest BCUT2D eigenvalue weighted by atomic mass is 15.1. The summed E-state index contributed by atoms with van der Waals surface area (Å²) in [5.41, 5.74) is 16.1. The highest BCUT2D eigenvalue weighted by Gasteiger charge is 2.36. The van der Waals surface area contributed by atoms with Crippen LogP contribution in [0.4, 0.5) is 17.1 Å². The molecule has 0 heterocycles. The van der Waals surface area contributed by atoms with E-state index in [1.165, 1.54) is 77.2 Å². The van der Waals surface area contributed by atoms with Gasteiger partial charge in [0, 0.05) is 22.5 Å². The quantitative estimate of drug-likeness (QED) is 0.168. The second kappa shape index (κ2) is 12.8. The molecule has 0 aromatic heterocycles. The van der Waals surface area contributed by atoms with E-state index in [4.69, 9.17) is 0 Å². The maximum atomic E-state index is 2.39. The van der Waals surface area contributed by atoms with E-state index in [9.17, 15) is 0 Å². The maximum Gasteiger partial charge on any atom is 0.0468 e. The SMILES string of the molecule is CC1(C)c2ccccc2-c2c(-c3ccc(N(c4cccc(-c5ccc(-c6ccc7ccccc7c6)cc5)c4)c4ccc5ccccc5c4)cc3)cccc21. The molecular weight excluding hydrogens is 651 g/mol. The molecule has 0 aliphatic heterocycles. The Balaban J connectivity index is 1.04. The van der Waals surface area contributed by atoms with Crippen LogP contribution in [0.3, 0.4) is 0 Å². The fraction of sp³-hybridized carbons (Fsp3) is 0.0566. The topological polar surface area (TPSA) is 3.24 Å². The number of hydrogen-bond donors (Lipinski definition) is 0. The molecule has 1 aliphatic rings. The fourth-order valence-electron chi connectivity index (χ4n) is 8.60.